The lowest BCUT2D eigenvalue weighted by Crippen LogP contribution is -2.35. The summed E-state index contributed by atoms with van der Waals surface area (Å²) < 4.78 is 18.0. The zero-order valence-corrected chi connectivity index (χ0v) is 14.9. The lowest BCUT2D eigenvalue weighted by molar-refractivity contribution is 0.0736. The van der Waals surface area contributed by atoms with E-state index in [2.05, 4.69) is 10.3 Å². The number of amides is 2. The van der Waals surface area contributed by atoms with E-state index in [0.29, 0.717) is 24.6 Å². The Morgan fingerprint density at radius 1 is 1.48 bits per heavy atom. The van der Waals surface area contributed by atoms with Crippen molar-refractivity contribution in [2.75, 3.05) is 18.5 Å². The number of hydrogen-bond donors (Lipinski definition) is 1. The SMILES string of the molecule is CCOC(=O)Nc1nc2c(s1)CN(C(=O)c1ccc(F)cc1Cl)CC2. The molecule has 0 saturated carbocycles. The van der Waals surface area contributed by atoms with Crippen molar-refractivity contribution in [3.05, 3.63) is 45.2 Å². The molecule has 2 amide bonds. The van der Waals surface area contributed by atoms with E-state index in [1.165, 1.54) is 23.5 Å². The fraction of sp³-hybridized carbons (Fsp3) is 0.312. The van der Waals surface area contributed by atoms with Crippen LogP contribution in [0.1, 0.15) is 27.9 Å². The fourth-order valence-electron chi connectivity index (χ4n) is 2.51. The van der Waals surface area contributed by atoms with Crippen LogP contribution in [-0.2, 0) is 17.7 Å². The summed E-state index contributed by atoms with van der Waals surface area (Å²) in [6.45, 7) is 2.83. The van der Waals surface area contributed by atoms with Gasteiger partial charge in [0.15, 0.2) is 5.13 Å². The lowest BCUT2D eigenvalue weighted by atomic mass is 10.1. The Hall–Kier alpha value is -2.19. The molecule has 0 aliphatic carbocycles. The third-order valence-electron chi connectivity index (χ3n) is 3.66. The number of aromatic nitrogens is 1. The average molecular weight is 384 g/mol. The number of halogens is 2. The number of carbonyl (C=O) groups excluding carboxylic acids is 2. The Morgan fingerprint density at radius 2 is 2.28 bits per heavy atom. The van der Waals surface area contributed by atoms with Crippen LogP contribution in [0.15, 0.2) is 18.2 Å². The summed E-state index contributed by atoms with van der Waals surface area (Å²) in [6.07, 6.45) is 0.0144. The molecular weight excluding hydrogens is 369 g/mol. The number of carbonyl (C=O) groups is 2. The second-order valence-corrected chi connectivity index (χ2v) is 6.83. The zero-order valence-electron chi connectivity index (χ0n) is 13.3. The van der Waals surface area contributed by atoms with Crippen LogP contribution in [0.4, 0.5) is 14.3 Å². The van der Waals surface area contributed by atoms with Gasteiger partial charge in [-0.2, -0.15) is 0 Å². The van der Waals surface area contributed by atoms with Gasteiger partial charge >= 0.3 is 6.09 Å². The molecule has 6 nitrogen and oxygen atoms in total. The van der Waals surface area contributed by atoms with Crippen molar-refractivity contribution in [3.8, 4) is 0 Å². The van der Waals surface area contributed by atoms with Crippen molar-refractivity contribution in [2.24, 2.45) is 0 Å². The average Bonchev–Trinajstić information content (AvgIpc) is 2.95. The van der Waals surface area contributed by atoms with Gasteiger partial charge in [-0.15, -0.1) is 0 Å². The fourth-order valence-corrected chi connectivity index (χ4v) is 3.77. The van der Waals surface area contributed by atoms with E-state index < -0.39 is 11.9 Å². The van der Waals surface area contributed by atoms with E-state index in [1.54, 1.807) is 11.8 Å². The quantitative estimate of drug-likeness (QED) is 0.877. The second-order valence-electron chi connectivity index (χ2n) is 5.34. The van der Waals surface area contributed by atoms with Gasteiger partial charge in [0, 0.05) is 17.8 Å². The first-order valence-electron chi connectivity index (χ1n) is 7.64. The van der Waals surface area contributed by atoms with Gasteiger partial charge in [0.1, 0.15) is 5.82 Å². The molecule has 1 aliphatic heterocycles. The van der Waals surface area contributed by atoms with Crippen molar-refractivity contribution in [1.29, 1.82) is 0 Å². The Kier molecular flexibility index (Phi) is 5.19. The van der Waals surface area contributed by atoms with Gasteiger partial charge in [0.25, 0.3) is 5.91 Å². The summed E-state index contributed by atoms with van der Waals surface area (Å²) in [6, 6.07) is 3.72. The summed E-state index contributed by atoms with van der Waals surface area (Å²) >= 11 is 7.28. The standard InChI is InChI=1S/C16H15ClFN3O3S/c1-2-24-16(23)20-15-19-12-5-6-21(8-13(12)25-15)14(22)10-4-3-9(18)7-11(10)17/h3-4,7H,2,5-6,8H2,1H3,(H,19,20,23). The topological polar surface area (TPSA) is 71.5 Å². The molecule has 0 spiro atoms. The van der Waals surface area contributed by atoms with Gasteiger partial charge in [0.2, 0.25) is 0 Å². The molecule has 1 N–H and O–H groups in total. The number of rotatable bonds is 3. The first-order valence-corrected chi connectivity index (χ1v) is 8.84. The first-order chi connectivity index (χ1) is 12.0. The van der Waals surface area contributed by atoms with Crippen molar-refractivity contribution in [3.63, 3.8) is 0 Å². The van der Waals surface area contributed by atoms with Gasteiger partial charge < -0.3 is 9.64 Å². The van der Waals surface area contributed by atoms with Crippen molar-refractivity contribution in [1.82, 2.24) is 9.88 Å². The Balaban J connectivity index is 1.73. The molecule has 1 aromatic carbocycles. The number of thiazole rings is 1. The van der Waals surface area contributed by atoms with Crippen LogP contribution >= 0.6 is 22.9 Å². The number of fused-ring (bicyclic) bond motifs is 1. The molecule has 0 bridgehead atoms. The predicted octanol–water partition coefficient (Wildman–Crippen LogP) is 3.70. The van der Waals surface area contributed by atoms with Gasteiger partial charge in [-0.3, -0.25) is 10.1 Å². The number of benzene rings is 1. The normalized spacial score (nSPS) is 13.3. The van der Waals surface area contributed by atoms with E-state index >= 15 is 0 Å². The highest BCUT2D eigenvalue weighted by atomic mass is 35.5. The van der Waals surface area contributed by atoms with Crippen molar-refractivity contribution in [2.45, 2.75) is 19.9 Å². The minimum Gasteiger partial charge on any atom is -0.450 e. The molecule has 0 unspecified atom stereocenters. The van der Waals surface area contributed by atoms with E-state index in [9.17, 15) is 14.0 Å². The van der Waals surface area contributed by atoms with E-state index in [-0.39, 0.29) is 23.1 Å². The Bertz CT molecular complexity index is 827. The number of nitrogens with one attached hydrogen (secondary N) is 1. The van der Waals surface area contributed by atoms with Crippen molar-refractivity contribution >= 4 is 40.1 Å². The number of ether oxygens (including phenoxy) is 1. The Morgan fingerprint density at radius 3 is 3.00 bits per heavy atom. The highest BCUT2D eigenvalue weighted by Crippen LogP contribution is 2.30. The lowest BCUT2D eigenvalue weighted by Gasteiger charge is -2.26. The van der Waals surface area contributed by atoms with Crippen LogP contribution in [0.5, 0.6) is 0 Å². The molecule has 2 aromatic rings. The van der Waals surface area contributed by atoms with Crippen LogP contribution < -0.4 is 5.32 Å². The summed E-state index contributed by atoms with van der Waals surface area (Å²) in [4.78, 5) is 31.0. The van der Waals surface area contributed by atoms with Gasteiger partial charge in [0.05, 0.1) is 29.4 Å². The largest absolute Gasteiger partial charge is 0.450 e. The minimum atomic E-state index is -0.556. The molecule has 0 atom stereocenters. The van der Waals surface area contributed by atoms with Gasteiger partial charge in [-0.1, -0.05) is 22.9 Å². The maximum absolute atomic E-state index is 13.2. The molecule has 3 rings (SSSR count). The molecule has 25 heavy (non-hydrogen) atoms. The number of hydrogen-bond acceptors (Lipinski definition) is 5. The van der Waals surface area contributed by atoms with E-state index in [1.807, 2.05) is 0 Å². The van der Waals surface area contributed by atoms with Crippen LogP contribution in [0, 0.1) is 5.82 Å². The number of anilines is 1. The predicted molar refractivity (Wildman–Crippen MR) is 92.6 cm³/mol. The van der Waals surface area contributed by atoms with Crippen molar-refractivity contribution < 1.29 is 18.7 Å². The van der Waals surface area contributed by atoms with E-state index in [0.717, 1.165) is 16.6 Å². The third-order valence-corrected chi connectivity index (χ3v) is 4.97. The monoisotopic (exact) mass is 383 g/mol. The van der Waals surface area contributed by atoms with Crippen LogP contribution in [-0.4, -0.2) is 35.0 Å². The van der Waals surface area contributed by atoms with Crippen LogP contribution in [0.25, 0.3) is 0 Å². The smallest absolute Gasteiger partial charge is 0.413 e. The summed E-state index contributed by atoms with van der Waals surface area (Å²) in [7, 11) is 0. The minimum absolute atomic E-state index is 0.0877. The van der Waals surface area contributed by atoms with E-state index in [4.69, 9.17) is 16.3 Å². The highest BCUT2D eigenvalue weighted by Gasteiger charge is 2.26. The molecule has 0 saturated heterocycles. The van der Waals surface area contributed by atoms with Gasteiger partial charge in [-0.05, 0) is 25.1 Å². The number of nitrogens with zero attached hydrogens (tertiary/aromatic N) is 2. The zero-order chi connectivity index (χ0) is 18.0. The summed E-state index contributed by atoms with van der Waals surface area (Å²) in [5.74, 6) is -0.747. The highest BCUT2D eigenvalue weighted by molar-refractivity contribution is 7.15. The first kappa shape index (κ1) is 17.6. The molecule has 1 aromatic heterocycles. The summed E-state index contributed by atoms with van der Waals surface area (Å²) in [5, 5.41) is 3.10. The summed E-state index contributed by atoms with van der Waals surface area (Å²) in [5.41, 5.74) is 1.12. The van der Waals surface area contributed by atoms with Crippen LogP contribution in [0.2, 0.25) is 5.02 Å². The molecule has 0 fully saturated rings. The maximum Gasteiger partial charge on any atom is 0.413 e. The molecule has 0 radical (unpaired) electrons. The molecule has 132 valence electrons. The van der Waals surface area contributed by atoms with Crippen LogP contribution in [0.3, 0.4) is 0 Å². The third kappa shape index (κ3) is 3.91. The molecular formula is C16H15ClFN3O3S. The molecule has 9 heteroatoms. The maximum atomic E-state index is 13.2. The van der Waals surface area contributed by atoms with Gasteiger partial charge in [-0.25, -0.2) is 14.2 Å². The molecule has 2 heterocycles. The Labute approximate surface area is 152 Å². The molecule has 1 aliphatic rings. The second kappa shape index (κ2) is 7.37.